The fraction of sp³-hybridized carbons (Fsp3) is 0.696. The molecule has 1 amide bonds. The van der Waals surface area contributed by atoms with Crippen LogP contribution in [0.15, 0.2) is 29.5 Å². The van der Waals surface area contributed by atoms with Crippen LogP contribution >= 0.6 is 0 Å². The summed E-state index contributed by atoms with van der Waals surface area (Å²) in [6, 6.07) is 4.16. The molecule has 5 atom stereocenters. The van der Waals surface area contributed by atoms with Gasteiger partial charge in [0, 0.05) is 50.2 Å². The van der Waals surface area contributed by atoms with Crippen molar-refractivity contribution in [3.8, 4) is 0 Å². The van der Waals surface area contributed by atoms with Gasteiger partial charge in [-0.2, -0.15) is 0 Å². The van der Waals surface area contributed by atoms with Crippen molar-refractivity contribution in [3.63, 3.8) is 0 Å². The lowest BCUT2D eigenvalue weighted by Crippen LogP contribution is -2.65. The quantitative estimate of drug-likeness (QED) is 0.788. The summed E-state index contributed by atoms with van der Waals surface area (Å²) >= 11 is 0. The molecule has 1 saturated carbocycles. The van der Waals surface area contributed by atoms with Gasteiger partial charge >= 0.3 is 0 Å². The Labute approximate surface area is 169 Å². The summed E-state index contributed by atoms with van der Waals surface area (Å²) in [5.74, 6) is 2.73. The van der Waals surface area contributed by atoms with Crippen molar-refractivity contribution in [3.05, 3.63) is 30.1 Å². The first-order valence-electron chi connectivity index (χ1n) is 10.9. The topological polar surface area (TPSA) is 57.6 Å². The molecule has 1 N–H and O–H groups in total. The van der Waals surface area contributed by atoms with Gasteiger partial charge in [-0.15, -0.1) is 0 Å². The molecule has 5 unspecified atom stereocenters. The van der Waals surface area contributed by atoms with Crippen molar-refractivity contribution >= 4 is 12.1 Å². The van der Waals surface area contributed by atoms with Gasteiger partial charge in [-0.3, -0.25) is 19.7 Å². The summed E-state index contributed by atoms with van der Waals surface area (Å²) < 4.78 is 0. The summed E-state index contributed by atoms with van der Waals surface area (Å²) in [7, 11) is 0. The van der Waals surface area contributed by atoms with E-state index in [-0.39, 0.29) is 11.9 Å². The van der Waals surface area contributed by atoms with Crippen LogP contribution in [-0.2, 0) is 11.3 Å². The van der Waals surface area contributed by atoms with E-state index in [1.165, 1.54) is 6.42 Å². The molecule has 1 aliphatic carbocycles. The maximum Gasteiger partial charge on any atom is 0.250 e. The maximum absolute atomic E-state index is 13.6. The van der Waals surface area contributed by atoms with Crippen LogP contribution in [0.3, 0.4) is 0 Å². The van der Waals surface area contributed by atoms with E-state index >= 15 is 0 Å². The minimum Gasteiger partial charge on any atom is -0.350 e. The van der Waals surface area contributed by atoms with Crippen LogP contribution in [0.4, 0.5) is 0 Å². The Morgan fingerprint density at radius 3 is 2.82 bits per heavy atom. The molecule has 2 fully saturated rings. The van der Waals surface area contributed by atoms with Crippen molar-refractivity contribution in [2.45, 2.75) is 58.7 Å². The van der Waals surface area contributed by atoms with Crippen molar-refractivity contribution in [2.24, 2.45) is 34.6 Å². The molecule has 1 aromatic rings. The number of pyridine rings is 1. The fourth-order valence-electron chi connectivity index (χ4n) is 5.93. The molecule has 1 aromatic heterocycles. The number of nitrogens with one attached hydrogen (secondary N) is 1. The van der Waals surface area contributed by atoms with E-state index in [0.717, 1.165) is 25.1 Å². The number of hydrogen-bond acceptors (Lipinski definition) is 4. The van der Waals surface area contributed by atoms with E-state index in [0.29, 0.717) is 36.1 Å². The van der Waals surface area contributed by atoms with Crippen LogP contribution in [0, 0.1) is 29.6 Å². The van der Waals surface area contributed by atoms with Crippen LogP contribution in [0.2, 0.25) is 0 Å². The fourth-order valence-corrected chi connectivity index (χ4v) is 5.93. The minimum absolute atomic E-state index is 0.112. The lowest BCUT2D eigenvalue weighted by molar-refractivity contribution is -0.132. The Morgan fingerprint density at radius 1 is 1.32 bits per heavy atom. The van der Waals surface area contributed by atoms with Gasteiger partial charge in [-0.25, -0.2) is 0 Å². The number of rotatable bonds is 7. The number of aliphatic imine (C=N–C) groups is 1. The zero-order valence-electron chi connectivity index (χ0n) is 17.6. The number of carbonyl (C=O) groups is 1. The molecule has 4 bridgehead atoms. The molecule has 28 heavy (non-hydrogen) atoms. The first-order chi connectivity index (χ1) is 13.4. The minimum atomic E-state index is -0.606. The number of nitrogens with zero attached hydrogens (tertiary/aromatic N) is 3. The molecule has 1 saturated heterocycles. The van der Waals surface area contributed by atoms with Crippen LogP contribution in [0.25, 0.3) is 0 Å². The molecule has 3 aliphatic heterocycles. The van der Waals surface area contributed by atoms with E-state index in [9.17, 15) is 4.79 Å². The van der Waals surface area contributed by atoms with Crippen LogP contribution < -0.4 is 5.32 Å². The highest BCUT2D eigenvalue weighted by molar-refractivity contribution is 5.92. The van der Waals surface area contributed by atoms with E-state index in [1.54, 1.807) is 6.20 Å². The standard InChI is InChI=1S/C23H34N4O/c1-15(2)8-20-18-9-19-14-27(13-16(3)4)21(20)23(19,26-12-18)22(28)25-11-17-6-5-7-24-10-17/h5-7,10,12,15-16,18-21H,8-9,11,13-14H2,1-4H3,(H,25,28). The molecule has 4 heterocycles. The third-order valence-electron chi connectivity index (χ3n) is 6.80. The summed E-state index contributed by atoms with van der Waals surface area (Å²) in [5.41, 5.74) is 0.427. The maximum atomic E-state index is 13.6. The second kappa shape index (κ2) is 7.58. The van der Waals surface area contributed by atoms with Gasteiger partial charge in [0.2, 0.25) is 5.91 Å². The second-order valence-corrected chi connectivity index (χ2v) is 9.83. The summed E-state index contributed by atoms with van der Waals surface area (Å²) in [6.07, 6.45) is 7.98. The third-order valence-corrected chi connectivity index (χ3v) is 6.80. The highest BCUT2D eigenvalue weighted by Gasteiger charge is 2.67. The third kappa shape index (κ3) is 3.28. The van der Waals surface area contributed by atoms with Gasteiger partial charge in [0.05, 0.1) is 0 Å². The Kier molecular flexibility index (Phi) is 5.30. The summed E-state index contributed by atoms with van der Waals surface area (Å²) in [4.78, 5) is 25.4. The molecule has 5 heteroatoms. The SMILES string of the molecule is CC(C)CC1C2C=NC3(C(=O)NCc4cccnc4)C(C2)CN(CC(C)C)C13. The molecule has 5 rings (SSSR count). The van der Waals surface area contributed by atoms with Gasteiger partial charge in [0.1, 0.15) is 0 Å². The molecule has 0 radical (unpaired) electrons. The number of aromatic nitrogens is 1. The van der Waals surface area contributed by atoms with Gasteiger partial charge in [0.25, 0.3) is 0 Å². The van der Waals surface area contributed by atoms with Crippen LogP contribution in [-0.4, -0.2) is 46.7 Å². The highest BCUT2D eigenvalue weighted by atomic mass is 16.2. The Balaban J connectivity index is 1.62. The first-order valence-corrected chi connectivity index (χ1v) is 10.9. The number of carbonyl (C=O) groups excluding carboxylic acids is 1. The monoisotopic (exact) mass is 382 g/mol. The van der Waals surface area contributed by atoms with Gasteiger partial charge in [-0.1, -0.05) is 33.8 Å². The molecule has 0 spiro atoms. The molecule has 4 aliphatic rings. The predicted molar refractivity (Wildman–Crippen MR) is 112 cm³/mol. The number of hydrogen-bond donors (Lipinski definition) is 1. The molecule has 5 nitrogen and oxygen atoms in total. The molecular formula is C23H34N4O. The van der Waals surface area contributed by atoms with Crippen molar-refractivity contribution in [2.75, 3.05) is 13.1 Å². The normalized spacial score (nSPS) is 33.8. The average molecular weight is 383 g/mol. The largest absolute Gasteiger partial charge is 0.350 e. The van der Waals surface area contributed by atoms with E-state index in [1.807, 2.05) is 18.3 Å². The Bertz CT molecular complexity index is 731. The smallest absolute Gasteiger partial charge is 0.250 e. The summed E-state index contributed by atoms with van der Waals surface area (Å²) in [6.45, 7) is 11.7. The zero-order chi connectivity index (χ0) is 19.9. The second-order valence-electron chi connectivity index (χ2n) is 9.83. The van der Waals surface area contributed by atoms with Crippen LogP contribution in [0.1, 0.15) is 46.1 Å². The van der Waals surface area contributed by atoms with Crippen molar-refractivity contribution in [1.82, 2.24) is 15.2 Å². The Morgan fingerprint density at radius 2 is 2.14 bits per heavy atom. The number of likely N-dealkylation sites (tertiary alicyclic amines) is 1. The predicted octanol–water partition coefficient (Wildman–Crippen LogP) is 3.16. The van der Waals surface area contributed by atoms with Crippen molar-refractivity contribution < 1.29 is 4.79 Å². The van der Waals surface area contributed by atoms with Crippen molar-refractivity contribution in [1.29, 1.82) is 0 Å². The first kappa shape index (κ1) is 19.6. The lowest BCUT2D eigenvalue weighted by atomic mass is 9.59. The zero-order valence-corrected chi connectivity index (χ0v) is 17.6. The lowest BCUT2D eigenvalue weighted by Gasteiger charge is -2.51. The highest BCUT2D eigenvalue weighted by Crippen LogP contribution is 2.55. The molecule has 0 aromatic carbocycles. The van der Waals surface area contributed by atoms with Gasteiger partial charge in [0.15, 0.2) is 5.54 Å². The summed E-state index contributed by atoms with van der Waals surface area (Å²) in [5, 5.41) is 3.21. The van der Waals surface area contributed by atoms with E-state index in [4.69, 9.17) is 4.99 Å². The molecular weight excluding hydrogens is 348 g/mol. The van der Waals surface area contributed by atoms with Gasteiger partial charge < -0.3 is 5.32 Å². The van der Waals surface area contributed by atoms with E-state index < -0.39 is 5.54 Å². The van der Waals surface area contributed by atoms with E-state index in [2.05, 4.69) is 49.1 Å². The van der Waals surface area contributed by atoms with Gasteiger partial charge in [-0.05, 0) is 48.1 Å². The van der Waals surface area contributed by atoms with Crippen LogP contribution in [0.5, 0.6) is 0 Å². The average Bonchev–Trinajstić information content (AvgIpc) is 2.91. The molecule has 152 valence electrons. The Hall–Kier alpha value is -1.75. The number of amides is 1.